The van der Waals surface area contributed by atoms with E-state index in [1.807, 2.05) is 36.4 Å². The van der Waals surface area contributed by atoms with E-state index in [2.05, 4.69) is 58.0 Å². The molecule has 4 aromatic carbocycles. The summed E-state index contributed by atoms with van der Waals surface area (Å²) >= 11 is 13.0. The summed E-state index contributed by atoms with van der Waals surface area (Å²) in [6, 6.07) is 29.1. The second kappa shape index (κ2) is 10.3. The van der Waals surface area contributed by atoms with Crippen molar-refractivity contribution in [3.8, 4) is 11.5 Å². The minimum absolute atomic E-state index is 0.174. The van der Waals surface area contributed by atoms with Crippen molar-refractivity contribution in [1.82, 2.24) is 9.47 Å². The zero-order valence-corrected chi connectivity index (χ0v) is 27.6. The molecule has 0 unspecified atom stereocenters. The number of ether oxygens (including phenoxy) is 2. The summed E-state index contributed by atoms with van der Waals surface area (Å²) < 4.78 is 17.2. The molecule has 3 heterocycles. The maximum atomic E-state index is 11.4. The number of phenols is 1. The topological polar surface area (TPSA) is 46.9 Å². The lowest BCUT2D eigenvalue weighted by molar-refractivity contribution is -0.211. The molecule has 0 amide bonds. The van der Waals surface area contributed by atoms with E-state index in [0.29, 0.717) is 18.9 Å². The molecule has 1 spiro atoms. The van der Waals surface area contributed by atoms with E-state index in [1.54, 1.807) is 0 Å². The molecular formula is C40H36Cl2N2O3. The van der Waals surface area contributed by atoms with Crippen molar-refractivity contribution in [2.45, 2.75) is 68.4 Å². The Morgan fingerprint density at radius 3 is 2.51 bits per heavy atom. The van der Waals surface area contributed by atoms with E-state index in [4.69, 9.17) is 32.7 Å². The second-order valence-corrected chi connectivity index (χ2v) is 15.3. The van der Waals surface area contributed by atoms with E-state index in [-0.39, 0.29) is 17.9 Å². The zero-order chi connectivity index (χ0) is 31.5. The summed E-state index contributed by atoms with van der Waals surface area (Å²) in [5.74, 6) is 1.62. The molecule has 3 aliphatic carbocycles. The van der Waals surface area contributed by atoms with E-state index < -0.39 is 11.0 Å². The molecule has 1 N–H and O–H groups in total. The Kier molecular flexibility index (Phi) is 6.23. The average molecular weight is 664 g/mol. The molecule has 5 aliphatic rings. The number of fused-ring (bicyclic) bond motifs is 4. The summed E-state index contributed by atoms with van der Waals surface area (Å²) in [4.78, 5) is 2.75. The molecular weight excluding hydrogens is 627 g/mol. The fourth-order valence-corrected chi connectivity index (χ4v) is 10.3. The summed E-state index contributed by atoms with van der Waals surface area (Å²) in [6.07, 6.45) is 4.85. The highest BCUT2D eigenvalue weighted by atomic mass is 35.5. The van der Waals surface area contributed by atoms with Gasteiger partial charge in [-0.25, -0.2) is 0 Å². The van der Waals surface area contributed by atoms with Gasteiger partial charge in [-0.05, 0) is 96.8 Å². The van der Waals surface area contributed by atoms with Crippen molar-refractivity contribution < 1.29 is 14.6 Å². The summed E-state index contributed by atoms with van der Waals surface area (Å²) in [6.45, 7) is 3.23. The number of benzene rings is 4. The van der Waals surface area contributed by atoms with Gasteiger partial charge in [0.15, 0.2) is 17.6 Å². The number of phenolic OH excluding ortho intramolecular Hbond substituents is 1. The Hall–Kier alpha value is -3.48. The third-order valence-electron chi connectivity index (χ3n) is 11.9. The monoisotopic (exact) mass is 662 g/mol. The van der Waals surface area contributed by atoms with Crippen LogP contribution in [0.4, 0.5) is 0 Å². The van der Waals surface area contributed by atoms with Crippen molar-refractivity contribution in [2.75, 3.05) is 13.1 Å². The first-order valence-electron chi connectivity index (χ1n) is 16.9. The van der Waals surface area contributed by atoms with Gasteiger partial charge in [-0.15, -0.1) is 0 Å². The number of nitrogens with zero attached hydrogens (tertiary/aromatic N) is 2. The van der Waals surface area contributed by atoms with Crippen LogP contribution in [-0.4, -0.2) is 39.3 Å². The van der Waals surface area contributed by atoms with Crippen molar-refractivity contribution >= 4 is 34.1 Å². The molecule has 2 aliphatic heterocycles. The Morgan fingerprint density at radius 2 is 1.70 bits per heavy atom. The number of hydrogen-bond donors (Lipinski definition) is 1. The molecule has 10 rings (SSSR count). The number of para-hydroxylation sites is 1. The van der Waals surface area contributed by atoms with Crippen molar-refractivity contribution in [3.63, 3.8) is 0 Å². The predicted molar refractivity (Wildman–Crippen MR) is 185 cm³/mol. The number of piperidine rings is 1. The Morgan fingerprint density at radius 1 is 0.915 bits per heavy atom. The van der Waals surface area contributed by atoms with Crippen LogP contribution in [0.5, 0.6) is 11.5 Å². The average Bonchev–Trinajstić information content (AvgIpc) is 3.75. The first kappa shape index (κ1) is 28.5. The lowest BCUT2D eigenvalue weighted by Gasteiger charge is -2.64. The minimum Gasteiger partial charge on any atom is -0.504 e. The van der Waals surface area contributed by atoms with E-state index in [9.17, 15) is 5.11 Å². The fourth-order valence-electron chi connectivity index (χ4n) is 9.87. The van der Waals surface area contributed by atoms with Crippen LogP contribution in [-0.2, 0) is 36.1 Å². The number of aromatic nitrogens is 1. The van der Waals surface area contributed by atoms with Crippen LogP contribution in [0, 0.1) is 5.92 Å². The van der Waals surface area contributed by atoms with Crippen molar-refractivity contribution in [2.24, 2.45) is 5.92 Å². The third-order valence-corrected chi connectivity index (χ3v) is 12.4. The Balaban J connectivity index is 1.23. The fraction of sp³-hybridized carbons (Fsp3) is 0.350. The van der Waals surface area contributed by atoms with Gasteiger partial charge in [0.05, 0.1) is 17.7 Å². The first-order chi connectivity index (χ1) is 22.9. The maximum absolute atomic E-state index is 11.4. The quantitative estimate of drug-likeness (QED) is 0.190. The lowest BCUT2D eigenvalue weighted by Crippen LogP contribution is -2.75. The van der Waals surface area contributed by atoms with Gasteiger partial charge in [0, 0.05) is 52.1 Å². The molecule has 7 heteroatoms. The molecule has 4 atom stereocenters. The van der Waals surface area contributed by atoms with Gasteiger partial charge in [0.2, 0.25) is 0 Å². The van der Waals surface area contributed by atoms with Crippen LogP contribution < -0.4 is 4.74 Å². The van der Waals surface area contributed by atoms with Gasteiger partial charge in [-0.1, -0.05) is 71.7 Å². The minimum atomic E-state index is -0.572. The smallest absolute Gasteiger partial charge is 0.166 e. The molecule has 5 nitrogen and oxygen atoms in total. The van der Waals surface area contributed by atoms with Gasteiger partial charge in [0.25, 0.3) is 0 Å². The van der Waals surface area contributed by atoms with Gasteiger partial charge in [-0.3, -0.25) is 4.90 Å². The molecule has 2 bridgehead atoms. The standard InChI is InChI=1S/C40H36Cl2N2O3/c41-28-7-3-5-25(17-28)22-44-32-10-2-1-9-30(32)31-20-40(46-23-26-6-4-8-29(42)18-26)34-19-27-13-14-33(45)37-35(27)39(40,38(47-37)36(31)44)15-16-43(34)21-24-11-12-24/h1-10,13-14,17-18,24,34,38,45H,11-12,15-16,19-23H2/t34-,38+,39+,40-/m1/s1. The Labute approximate surface area is 284 Å². The summed E-state index contributed by atoms with van der Waals surface area (Å²) in [5.41, 5.74) is 7.31. The van der Waals surface area contributed by atoms with Gasteiger partial charge in [0.1, 0.15) is 5.60 Å². The van der Waals surface area contributed by atoms with Crippen molar-refractivity contribution in [3.05, 3.63) is 128 Å². The zero-order valence-electron chi connectivity index (χ0n) is 26.1. The number of hydrogen-bond acceptors (Lipinski definition) is 4. The molecule has 0 radical (unpaired) electrons. The van der Waals surface area contributed by atoms with Crippen LogP contribution >= 0.6 is 23.2 Å². The second-order valence-electron chi connectivity index (χ2n) is 14.4. The largest absolute Gasteiger partial charge is 0.504 e. The van der Waals surface area contributed by atoms with Crippen molar-refractivity contribution in [1.29, 1.82) is 0 Å². The van der Waals surface area contributed by atoms with Crippen LogP contribution in [0.2, 0.25) is 10.0 Å². The summed E-state index contributed by atoms with van der Waals surface area (Å²) in [5, 5.41) is 14.1. The first-order valence-corrected chi connectivity index (χ1v) is 17.7. The number of rotatable bonds is 7. The summed E-state index contributed by atoms with van der Waals surface area (Å²) in [7, 11) is 0. The van der Waals surface area contributed by atoms with Crippen LogP contribution in [0.25, 0.3) is 10.9 Å². The number of halogens is 2. The van der Waals surface area contributed by atoms with Gasteiger partial charge < -0.3 is 19.1 Å². The lowest BCUT2D eigenvalue weighted by atomic mass is 9.48. The molecule has 2 fully saturated rings. The van der Waals surface area contributed by atoms with Gasteiger partial charge in [-0.2, -0.15) is 0 Å². The van der Waals surface area contributed by atoms with E-state index >= 15 is 0 Å². The normalized spacial score (nSPS) is 27.0. The Bertz CT molecular complexity index is 2090. The number of likely N-dealkylation sites (tertiary alicyclic amines) is 1. The van der Waals surface area contributed by atoms with E-state index in [1.165, 1.54) is 46.1 Å². The molecule has 1 saturated heterocycles. The SMILES string of the molecule is Oc1ccc2c3c1O[C@H]1c4c(c5ccccc5n4Cc4cccc(Cl)c4)C[C@@]4(OCc5cccc(Cl)c5)[C@@H](C2)N(CC2CC2)CC[C@]314. The molecule has 47 heavy (non-hydrogen) atoms. The van der Waals surface area contributed by atoms with Crippen LogP contribution in [0.1, 0.15) is 58.9 Å². The van der Waals surface area contributed by atoms with E-state index in [0.717, 1.165) is 59.4 Å². The molecule has 1 saturated carbocycles. The molecule has 1 aromatic heterocycles. The molecule has 5 aromatic rings. The third kappa shape index (κ3) is 4.04. The highest BCUT2D eigenvalue weighted by Gasteiger charge is 2.74. The highest BCUT2D eigenvalue weighted by molar-refractivity contribution is 6.30. The number of aromatic hydroxyl groups is 1. The van der Waals surface area contributed by atoms with Crippen LogP contribution in [0.3, 0.4) is 0 Å². The maximum Gasteiger partial charge on any atom is 0.166 e. The molecule has 238 valence electrons. The predicted octanol–water partition coefficient (Wildman–Crippen LogP) is 8.63. The highest BCUT2D eigenvalue weighted by Crippen LogP contribution is 2.70. The van der Waals surface area contributed by atoms with Gasteiger partial charge >= 0.3 is 0 Å². The van der Waals surface area contributed by atoms with Crippen LogP contribution in [0.15, 0.2) is 84.9 Å².